The monoisotopic (exact) mass is 283 g/mol. The SMILES string of the molecule is C=C(C)CCOc1c(Cl)cc(CC(C)N)cc1OC. The zero-order valence-electron chi connectivity index (χ0n) is 11.8. The molecule has 1 aromatic rings. The number of methoxy groups -OCH3 is 1. The van der Waals surface area contributed by atoms with E-state index in [4.69, 9.17) is 26.8 Å². The average Bonchev–Trinajstić information content (AvgIpc) is 2.30. The first-order chi connectivity index (χ1) is 8.93. The van der Waals surface area contributed by atoms with Gasteiger partial charge in [-0.05, 0) is 38.0 Å². The Labute approximate surface area is 120 Å². The third kappa shape index (κ3) is 5.13. The first kappa shape index (κ1) is 15.9. The molecule has 1 aromatic carbocycles. The normalized spacial score (nSPS) is 12.1. The molecule has 0 aromatic heterocycles. The van der Waals surface area contributed by atoms with Crippen molar-refractivity contribution in [1.29, 1.82) is 0 Å². The fourth-order valence-electron chi connectivity index (χ4n) is 1.73. The second kappa shape index (κ2) is 7.41. The minimum absolute atomic E-state index is 0.0796. The molecule has 2 N–H and O–H groups in total. The maximum atomic E-state index is 6.24. The van der Waals surface area contributed by atoms with Gasteiger partial charge >= 0.3 is 0 Å². The minimum Gasteiger partial charge on any atom is -0.493 e. The molecule has 0 fully saturated rings. The molecule has 0 spiro atoms. The van der Waals surface area contributed by atoms with E-state index in [0.717, 1.165) is 24.0 Å². The molecule has 1 atom stereocenters. The van der Waals surface area contributed by atoms with Gasteiger partial charge in [0.15, 0.2) is 11.5 Å². The van der Waals surface area contributed by atoms with Crippen LogP contribution in [0.4, 0.5) is 0 Å². The summed E-state index contributed by atoms with van der Waals surface area (Å²) in [7, 11) is 1.60. The van der Waals surface area contributed by atoms with Crippen molar-refractivity contribution in [3.63, 3.8) is 0 Å². The maximum absolute atomic E-state index is 6.24. The lowest BCUT2D eigenvalue weighted by Gasteiger charge is -2.15. The number of hydrogen-bond acceptors (Lipinski definition) is 3. The molecule has 1 unspecified atom stereocenters. The van der Waals surface area contributed by atoms with Gasteiger partial charge in [-0.3, -0.25) is 0 Å². The van der Waals surface area contributed by atoms with Crippen LogP contribution in [0.15, 0.2) is 24.3 Å². The summed E-state index contributed by atoms with van der Waals surface area (Å²) in [5, 5.41) is 0.553. The second-order valence-corrected chi connectivity index (χ2v) is 5.25. The van der Waals surface area contributed by atoms with Crippen molar-refractivity contribution >= 4 is 11.6 Å². The molecular formula is C15H22ClNO2. The minimum atomic E-state index is 0.0796. The third-order valence-electron chi connectivity index (χ3n) is 2.62. The Kier molecular flexibility index (Phi) is 6.19. The predicted molar refractivity (Wildman–Crippen MR) is 80.3 cm³/mol. The predicted octanol–water partition coefficient (Wildman–Crippen LogP) is 3.58. The molecule has 106 valence electrons. The van der Waals surface area contributed by atoms with Crippen LogP contribution in [-0.2, 0) is 6.42 Å². The van der Waals surface area contributed by atoms with E-state index < -0.39 is 0 Å². The second-order valence-electron chi connectivity index (χ2n) is 4.85. The summed E-state index contributed by atoms with van der Waals surface area (Å²) in [6.45, 7) is 8.30. The highest BCUT2D eigenvalue weighted by molar-refractivity contribution is 6.32. The zero-order valence-corrected chi connectivity index (χ0v) is 12.6. The van der Waals surface area contributed by atoms with Crippen molar-refractivity contribution in [1.82, 2.24) is 0 Å². The lowest BCUT2D eigenvalue weighted by atomic mass is 10.1. The number of halogens is 1. The molecule has 0 aliphatic carbocycles. The van der Waals surface area contributed by atoms with Crippen LogP contribution >= 0.6 is 11.6 Å². The zero-order chi connectivity index (χ0) is 14.4. The smallest absolute Gasteiger partial charge is 0.179 e. The van der Waals surface area contributed by atoms with Crippen LogP contribution in [0.1, 0.15) is 25.8 Å². The molecule has 0 aliphatic rings. The van der Waals surface area contributed by atoms with Gasteiger partial charge < -0.3 is 15.2 Å². The first-order valence-electron chi connectivity index (χ1n) is 6.33. The Morgan fingerprint density at radius 1 is 1.47 bits per heavy atom. The topological polar surface area (TPSA) is 44.5 Å². The largest absolute Gasteiger partial charge is 0.493 e. The van der Waals surface area contributed by atoms with E-state index in [9.17, 15) is 0 Å². The Bertz CT molecular complexity index is 444. The molecular weight excluding hydrogens is 262 g/mol. The van der Waals surface area contributed by atoms with Gasteiger partial charge in [0.1, 0.15) is 0 Å². The molecule has 0 aliphatic heterocycles. The molecule has 4 heteroatoms. The number of hydrogen-bond donors (Lipinski definition) is 1. The highest BCUT2D eigenvalue weighted by atomic mass is 35.5. The molecule has 0 radical (unpaired) electrons. The van der Waals surface area contributed by atoms with Crippen molar-refractivity contribution < 1.29 is 9.47 Å². The molecule has 0 amide bonds. The molecule has 3 nitrogen and oxygen atoms in total. The molecule has 0 saturated heterocycles. The van der Waals surface area contributed by atoms with E-state index in [1.165, 1.54) is 0 Å². The van der Waals surface area contributed by atoms with E-state index in [1.54, 1.807) is 7.11 Å². The number of rotatable bonds is 7. The van der Waals surface area contributed by atoms with Crippen LogP contribution in [0.3, 0.4) is 0 Å². The van der Waals surface area contributed by atoms with Gasteiger partial charge in [-0.1, -0.05) is 17.2 Å². The molecule has 1 rings (SSSR count). The lowest BCUT2D eigenvalue weighted by molar-refractivity contribution is 0.297. The standard InChI is InChI=1S/C15H22ClNO2/c1-10(2)5-6-19-15-13(16)8-12(7-11(3)17)9-14(15)18-4/h8-9,11H,1,5-7,17H2,2-4H3. The Morgan fingerprint density at radius 2 is 2.16 bits per heavy atom. The third-order valence-corrected chi connectivity index (χ3v) is 2.90. The van der Waals surface area contributed by atoms with Crippen LogP contribution in [0.25, 0.3) is 0 Å². The highest BCUT2D eigenvalue weighted by Crippen LogP contribution is 2.36. The Balaban J connectivity index is 2.88. The van der Waals surface area contributed by atoms with Crippen LogP contribution in [0, 0.1) is 0 Å². The van der Waals surface area contributed by atoms with E-state index in [1.807, 2.05) is 26.0 Å². The highest BCUT2D eigenvalue weighted by Gasteiger charge is 2.12. The molecule has 0 bridgehead atoms. The first-order valence-corrected chi connectivity index (χ1v) is 6.71. The summed E-state index contributed by atoms with van der Waals surface area (Å²) < 4.78 is 11.0. The van der Waals surface area contributed by atoms with E-state index in [0.29, 0.717) is 23.1 Å². The van der Waals surface area contributed by atoms with Crippen molar-refractivity contribution in [3.8, 4) is 11.5 Å². The Hall–Kier alpha value is -1.19. The summed E-state index contributed by atoms with van der Waals surface area (Å²) >= 11 is 6.24. The van der Waals surface area contributed by atoms with Crippen molar-refractivity contribution in [3.05, 3.63) is 34.9 Å². The van der Waals surface area contributed by atoms with Crippen LogP contribution in [-0.4, -0.2) is 19.8 Å². The van der Waals surface area contributed by atoms with Crippen molar-refractivity contribution in [2.45, 2.75) is 32.7 Å². The number of benzene rings is 1. The number of nitrogens with two attached hydrogens (primary N) is 1. The van der Waals surface area contributed by atoms with Crippen molar-refractivity contribution in [2.24, 2.45) is 5.73 Å². The van der Waals surface area contributed by atoms with E-state index in [2.05, 4.69) is 6.58 Å². The van der Waals surface area contributed by atoms with Gasteiger partial charge in [0.2, 0.25) is 0 Å². The summed E-state index contributed by atoms with van der Waals surface area (Å²) in [4.78, 5) is 0. The van der Waals surface area contributed by atoms with Crippen LogP contribution < -0.4 is 15.2 Å². The fraction of sp³-hybridized carbons (Fsp3) is 0.467. The van der Waals surface area contributed by atoms with Crippen LogP contribution in [0.5, 0.6) is 11.5 Å². The van der Waals surface area contributed by atoms with Gasteiger partial charge in [-0.15, -0.1) is 6.58 Å². The maximum Gasteiger partial charge on any atom is 0.179 e. The average molecular weight is 284 g/mol. The lowest BCUT2D eigenvalue weighted by Crippen LogP contribution is -2.17. The summed E-state index contributed by atoms with van der Waals surface area (Å²) in [5.74, 6) is 1.23. The van der Waals surface area contributed by atoms with E-state index >= 15 is 0 Å². The van der Waals surface area contributed by atoms with Gasteiger partial charge in [0.25, 0.3) is 0 Å². The van der Waals surface area contributed by atoms with Crippen LogP contribution in [0.2, 0.25) is 5.02 Å². The Morgan fingerprint density at radius 3 is 2.68 bits per heavy atom. The molecule has 0 heterocycles. The summed E-state index contributed by atoms with van der Waals surface area (Å²) in [6, 6.07) is 3.88. The molecule has 0 saturated carbocycles. The van der Waals surface area contributed by atoms with Gasteiger partial charge in [-0.25, -0.2) is 0 Å². The molecule has 19 heavy (non-hydrogen) atoms. The quantitative estimate of drug-likeness (QED) is 0.778. The number of ether oxygens (including phenoxy) is 2. The van der Waals surface area contributed by atoms with Crippen molar-refractivity contribution in [2.75, 3.05) is 13.7 Å². The van der Waals surface area contributed by atoms with Gasteiger partial charge in [0.05, 0.1) is 18.7 Å². The van der Waals surface area contributed by atoms with Gasteiger partial charge in [-0.2, -0.15) is 0 Å². The summed E-state index contributed by atoms with van der Waals surface area (Å²) in [6.07, 6.45) is 1.54. The van der Waals surface area contributed by atoms with E-state index in [-0.39, 0.29) is 6.04 Å². The van der Waals surface area contributed by atoms with Gasteiger partial charge in [0, 0.05) is 12.5 Å². The fourth-order valence-corrected chi connectivity index (χ4v) is 2.02. The summed E-state index contributed by atoms with van der Waals surface area (Å²) in [5.41, 5.74) is 7.91.